The van der Waals surface area contributed by atoms with Crippen LogP contribution in [-0.2, 0) is 0 Å². The molecule has 2 aromatic heterocycles. The first-order valence-corrected chi connectivity index (χ1v) is 7.24. The quantitative estimate of drug-likeness (QED) is 0.895. The van der Waals surface area contributed by atoms with Gasteiger partial charge in [0, 0.05) is 38.3 Å². The van der Waals surface area contributed by atoms with Gasteiger partial charge in [0.15, 0.2) is 5.69 Å². The smallest absolute Gasteiger partial charge is 0.166 e. The lowest BCUT2D eigenvalue weighted by atomic mass is 10.2. The van der Waals surface area contributed by atoms with Crippen LogP contribution in [0, 0.1) is 11.3 Å². The number of nitrogens with one attached hydrogen (secondary N) is 1. The van der Waals surface area contributed by atoms with Crippen molar-refractivity contribution in [3.63, 3.8) is 0 Å². The standard InChI is InChI=1S/C15H17N5/c16-9-13-14-4-3-12(19-7-5-17-6-8-19)10-20(14)15(18-13)11-1-2-11/h3-4,10-11,17H,1-2,5-8H2. The first-order chi connectivity index (χ1) is 9.86. The van der Waals surface area contributed by atoms with E-state index in [9.17, 15) is 5.26 Å². The number of hydrogen-bond acceptors (Lipinski definition) is 4. The van der Waals surface area contributed by atoms with Crippen molar-refractivity contribution in [3.8, 4) is 6.07 Å². The summed E-state index contributed by atoms with van der Waals surface area (Å²) in [6.45, 7) is 4.12. The largest absolute Gasteiger partial charge is 0.368 e. The highest BCUT2D eigenvalue weighted by atomic mass is 15.2. The molecular weight excluding hydrogens is 250 g/mol. The molecule has 0 atom stereocenters. The summed E-state index contributed by atoms with van der Waals surface area (Å²) in [7, 11) is 0. The van der Waals surface area contributed by atoms with Crippen molar-refractivity contribution in [2.24, 2.45) is 0 Å². The van der Waals surface area contributed by atoms with Crippen molar-refractivity contribution in [1.29, 1.82) is 5.26 Å². The molecule has 5 heteroatoms. The molecule has 2 fully saturated rings. The van der Waals surface area contributed by atoms with E-state index in [0.717, 1.165) is 37.5 Å². The van der Waals surface area contributed by atoms with Crippen LogP contribution < -0.4 is 10.2 Å². The molecule has 3 heterocycles. The Morgan fingerprint density at radius 2 is 2.05 bits per heavy atom. The Hall–Kier alpha value is -2.06. The molecule has 1 saturated heterocycles. The summed E-state index contributed by atoms with van der Waals surface area (Å²) in [5.41, 5.74) is 2.72. The van der Waals surface area contributed by atoms with E-state index in [-0.39, 0.29) is 0 Å². The van der Waals surface area contributed by atoms with Gasteiger partial charge in [-0.2, -0.15) is 5.26 Å². The van der Waals surface area contributed by atoms with Gasteiger partial charge in [-0.25, -0.2) is 4.98 Å². The Kier molecular flexibility index (Phi) is 2.64. The van der Waals surface area contributed by atoms with Crippen LogP contribution in [0.1, 0.15) is 30.3 Å². The molecule has 2 aliphatic rings. The molecule has 0 bridgehead atoms. The second-order valence-corrected chi connectivity index (χ2v) is 5.58. The zero-order chi connectivity index (χ0) is 13.5. The highest BCUT2D eigenvalue weighted by molar-refractivity contribution is 5.63. The summed E-state index contributed by atoms with van der Waals surface area (Å²) in [6, 6.07) is 6.36. The van der Waals surface area contributed by atoms with E-state index >= 15 is 0 Å². The van der Waals surface area contributed by atoms with Gasteiger partial charge in [0.2, 0.25) is 0 Å². The normalized spacial score (nSPS) is 19.2. The average molecular weight is 267 g/mol. The lowest BCUT2D eigenvalue weighted by Gasteiger charge is -2.29. The Morgan fingerprint density at radius 3 is 2.75 bits per heavy atom. The highest BCUT2D eigenvalue weighted by Gasteiger charge is 2.29. The summed E-state index contributed by atoms with van der Waals surface area (Å²) in [4.78, 5) is 6.91. The molecule has 1 aliphatic carbocycles. The molecule has 102 valence electrons. The Balaban J connectivity index is 1.81. The number of nitrogens with zero attached hydrogens (tertiary/aromatic N) is 4. The zero-order valence-electron chi connectivity index (χ0n) is 11.3. The van der Waals surface area contributed by atoms with E-state index in [1.165, 1.54) is 18.5 Å². The number of aromatic nitrogens is 2. The fraction of sp³-hybridized carbons (Fsp3) is 0.467. The van der Waals surface area contributed by atoms with Crippen molar-refractivity contribution in [2.75, 3.05) is 31.1 Å². The Labute approximate surface area is 117 Å². The van der Waals surface area contributed by atoms with Gasteiger partial charge in [0.1, 0.15) is 11.9 Å². The summed E-state index contributed by atoms with van der Waals surface area (Å²) >= 11 is 0. The van der Waals surface area contributed by atoms with Gasteiger partial charge in [0.25, 0.3) is 0 Å². The van der Waals surface area contributed by atoms with E-state index in [4.69, 9.17) is 0 Å². The second-order valence-electron chi connectivity index (χ2n) is 5.58. The molecule has 0 spiro atoms. The second kappa shape index (κ2) is 4.50. The number of anilines is 1. The molecule has 4 rings (SSSR count). The predicted molar refractivity (Wildman–Crippen MR) is 77.0 cm³/mol. The van der Waals surface area contributed by atoms with E-state index in [1.54, 1.807) is 0 Å². The van der Waals surface area contributed by atoms with Gasteiger partial charge in [-0.05, 0) is 25.0 Å². The summed E-state index contributed by atoms with van der Waals surface area (Å²) in [5, 5.41) is 12.6. The van der Waals surface area contributed by atoms with Crippen molar-refractivity contribution in [2.45, 2.75) is 18.8 Å². The van der Waals surface area contributed by atoms with Crippen LogP contribution in [0.25, 0.3) is 5.52 Å². The summed E-state index contributed by atoms with van der Waals surface area (Å²) < 4.78 is 2.13. The first-order valence-electron chi connectivity index (χ1n) is 7.24. The highest BCUT2D eigenvalue weighted by Crippen LogP contribution is 2.40. The zero-order valence-corrected chi connectivity index (χ0v) is 11.3. The third-order valence-electron chi connectivity index (χ3n) is 4.18. The minimum Gasteiger partial charge on any atom is -0.368 e. The Bertz CT molecular complexity index is 686. The minimum absolute atomic E-state index is 0.544. The Morgan fingerprint density at radius 1 is 1.25 bits per heavy atom. The fourth-order valence-corrected chi connectivity index (χ4v) is 2.92. The van der Waals surface area contributed by atoms with Gasteiger partial charge >= 0.3 is 0 Å². The predicted octanol–water partition coefficient (Wildman–Crippen LogP) is 1.49. The van der Waals surface area contributed by atoms with Crippen molar-refractivity contribution in [3.05, 3.63) is 29.8 Å². The lowest BCUT2D eigenvalue weighted by Crippen LogP contribution is -2.43. The first kappa shape index (κ1) is 11.7. The number of fused-ring (bicyclic) bond motifs is 1. The lowest BCUT2D eigenvalue weighted by molar-refractivity contribution is 0.588. The van der Waals surface area contributed by atoms with E-state index in [0.29, 0.717) is 11.6 Å². The van der Waals surface area contributed by atoms with Crippen LogP contribution in [0.5, 0.6) is 0 Å². The molecular formula is C15H17N5. The van der Waals surface area contributed by atoms with Crippen LogP contribution in [-0.4, -0.2) is 35.6 Å². The molecule has 0 aromatic carbocycles. The van der Waals surface area contributed by atoms with Crippen LogP contribution >= 0.6 is 0 Å². The van der Waals surface area contributed by atoms with Gasteiger partial charge in [-0.1, -0.05) is 0 Å². The molecule has 1 saturated carbocycles. The maximum absolute atomic E-state index is 9.22. The van der Waals surface area contributed by atoms with Crippen LogP contribution in [0.4, 0.5) is 5.69 Å². The number of pyridine rings is 1. The fourth-order valence-electron chi connectivity index (χ4n) is 2.92. The number of hydrogen-bond donors (Lipinski definition) is 1. The molecule has 2 aromatic rings. The molecule has 0 amide bonds. The monoisotopic (exact) mass is 267 g/mol. The van der Waals surface area contributed by atoms with E-state index in [2.05, 4.69) is 37.9 Å². The van der Waals surface area contributed by atoms with Crippen molar-refractivity contribution < 1.29 is 0 Å². The van der Waals surface area contributed by atoms with Crippen molar-refractivity contribution >= 4 is 11.2 Å². The summed E-state index contributed by atoms with van der Waals surface area (Å²) in [5.74, 6) is 1.61. The number of nitriles is 1. The molecule has 1 aliphatic heterocycles. The van der Waals surface area contributed by atoms with E-state index < -0.39 is 0 Å². The molecule has 0 radical (unpaired) electrons. The van der Waals surface area contributed by atoms with Gasteiger partial charge in [-0.3, -0.25) is 0 Å². The van der Waals surface area contributed by atoms with Crippen LogP contribution in [0.2, 0.25) is 0 Å². The maximum atomic E-state index is 9.22. The minimum atomic E-state index is 0.544. The molecule has 5 nitrogen and oxygen atoms in total. The van der Waals surface area contributed by atoms with Crippen LogP contribution in [0.3, 0.4) is 0 Å². The maximum Gasteiger partial charge on any atom is 0.166 e. The summed E-state index contributed by atoms with van der Waals surface area (Å²) in [6.07, 6.45) is 4.55. The van der Waals surface area contributed by atoms with E-state index in [1.807, 2.05) is 6.07 Å². The topological polar surface area (TPSA) is 56.4 Å². The van der Waals surface area contributed by atoms with Crippen LogP contribution in [0.15, 0.2) is 18.3 Å². The molecule has 0 unspecified atom stereocenters. The molecule has 20 heavy (non-hydrogen) atoms. The number of imidazole rings is 1. The number of piperazine rings is 1. The van der Waals surface area contributed by atoms with Gasteiger partial charge < -0.3 is 14.6 Å². The van der Waals surface area contributed by atoms with Crippen molar-refractivity contribution in [1.82, 2.24) is 14.7 Å². The van der Waals surface area contributed by atoms with Gasteiger partial charge in [-0.15, -0.1) is 0 Å². The number of rotatable bonds is 2. The average Bonchev–Trinajstić information content (AvgIpc) is 3.29. The third kappa shape index (κ3) is 1.84. The third-order valence-corrected chi connectivity index (χ3v) is 4.18. The van der Waals surface area contributed by atoms with Gasteiger partial charge in [0.05, 0.1) is 11.2 Å². The molecule has 1 N–H and O–H groups in total. The SMILES string of the molecule is N#Cc1nc(C2CC2)n2cc(N3CCNCC3)ccc12.